The number of fused-ring (bicyclic) bond motifs is 1. The molecule has 3 nitrogen and oxygen atoms in total. The minimum absolute atomic E-state index is 0.0795. The number of carbonyl (C=O) groups excluding carboxylic acids is 2. The van der Waals surface area contributed by atoms with Gasteiger partial charge in [0.2, 0.25) is 0 Å². The molecule has 1 heterocycles. The number of ether oxygens (including phenoxy) is 1. The summed E-state index contributed by atoms with van der Waals surface area (Å²) in [4.78, 5) is 22.8. The second kappa shape index (κ2) is 2.47. The van der Waals surface area contributed by atoms with Crippen molar-refractivity contribution in [1.29, 1.82) is 0 Å². The summed E-state index contributed by atoms with van der Waals surface area (Å²) in [6.45, 7) is 1.88. The Bertz CT molecular complexity index is 289. The molecule has 1 saturated carbocycles. The molecule has 72 valence electrons. The highest BCUT2D eigenvalue weighted by atomic mass is 35.5. The third kappa shape index (κ3) is 0.909. The van der Waals surface area contributed by atoms with E-state index in [1.807, 2.05) is 6.92 Å². The lowest BCUT2D eigenvalue weighted by atomic mass is 9.79. The molecule has 0 bridgehead atoms. The summed E-state index contributed by atoms with van der Waals surface area (Å²) < 4.78 is 5.04. The first-order chi connectivity index (χ1) is 6.04. The van der Waals surface area contributed by atoms with E-state index in [2.05, 4.69) is 0 Å². The van der Waals surface area contributed by atoms with Crippen LogP contribution in [0.5, 0.6) is 0 Å². The second-order valence-electron chi connectivity index (χ2n) is 3.74. The average Bonchev–Trinajstić information content (AvgIpc) is 2.45. The number of ketones is 1. The number of hydrogen-bond acceptors (Lipinski definition) is 3. The zero-order valence-electron chi connectivity index (χ0n) is 7.43. The van der Waals surface area contributed by atoms with Crippen molar-refractivity contribution in [2.24, 2.45) is 5.41 Å². The van der Waals surface area contributed by atoms with Crippen molar-refractivity contribution >= 4 is 23.4 Å². The predicted molar refractivity (Wildman–Crippen MR) is 46.3 cm³/mol. The smallest absolute Gasteiger partial charge is 0.308 e. The Morgan fingerprint density at radius 3 is 2.77 bits per heavy atom. The maximum Gasteiger partial charge on any atom is 0.308 e. The summed E-state index contributed by atoms with van der Waals surface area (Å²) in [5.41, 5.74) is -0.731. The van der Waals surface area contributed by atoms with E-state index in [1.165, 1.54) is 0 Å². The fourth-order valence-electron chi connectivity index (χ4n) is 2.39. The van der Waals surface area contributed by atoms with Gasteiger partial charge >= 0.3 is 5.97 Å². The van der Waals surface area contributed by atoms with Gasteiger partial charge in [0.05, 0.1) is 11.8 Å². The lowest BCUT2D eigenvalue weighted by molar-refractivity contribution is -0.143. The van der Waals surface area contributed by atoms with Gasteiger partial charge in [0.1, 0.15) is 5.78 Å². The standard InChI is InChI=1S/C9H11ClO3/c1-2-8-5-7(12)13-9(8,10)4-3-6(8)11/h2-5H2,1H3/t8-,9+/m0/s1. The molecule has 0 unspecified atom stereocenters. The van der Waals surface area contributed by atoms with Crippen LogP contribution in [0.25, 0.3) is 0 Å². The highest BCUT2D eigenvalue weighted by Crippen LogP contribution is 2.57. The minimum atomic E-state index is -1.03. The maximum absolute atomic E-state index is 11.6. The Balaban J connectivity index is 2.46. The Hall–Kier alpha value is -0.570. The molecule has 2 rings (SSSR count). The van der Waals surface area contributed by atoms with Crippen LogP contribution in [0.2, 0.25) is 0 Å². The third-order valence-electron chi connectivity index (χ3n) is 3.25. The van der Waals surface area contributed by atoms with Crippen molar-refractivity contribution in [3.05, 3.63) is 0 Å². The van der Waals surface area contributed by atoms with E-state index in [0.717, 1.165) is 0 Å². The Morgan fingerprint density at radius 2 is 2.23 bits per heavy atom. The molecular weight excluding hydrogens is 192 g/mol. The highest BCUT2D eigenvalue weighted by molar-refractivity contribution is 6.28. The quantitative estimate of drug-likeness (QED) is 0.480. The van der Waals surface area contributed by atoms with Crippen LogP contribution in [0, 0.1) is 5.41 Å². The molecule has 4 heteroatoms. The molecule has 0 N–H and O–H groups in total. The zero-order chi connectivity index (χ0) is 9.69. The summed E-state index contributed by atoms with van der Waals surface area (Å²) in [5.74, 6) is -0.263. The van der Waals surface area contributed by atoms with Gasteiger partial charge in [-0.25, -0.2) is 0 Å². The molecule has 0 aromatic rings. The molecule has 0 aromatic heterocycles. The molecule has 0 spiro atoms. The largest absolute Gasteiger partial charge is 0.442 e. The van der Waals surface area contributed by atoms with E-state index in [1.54, 1.807) is 0 Å². The van der Waals surface area contributed by atoms with Crippen LogP contribution < -0.4 is 0 Å². The van der Waals surface area contributed by atoms with E-state index >= 15 is 0 Å². The monoisotopic (exact) mass is 202 g/mol. The molecule has 13 heavy (non-hydrogen) atoms. The van der Waals surface area contributed by atoms with Crippen molar-refractivity contribution in [3.63, 3.8) is 0 Å². The third-order valence-corrected chi connectivity index (χ3v) is 3.88. The van der Waals surface area contributed by atoms with Gasteiger partial charge in [-0.05, 0) is 6.42 Å². The Labute approximate surface area is 81.4 Å². The van der Waals surface area contributed by atoms with Crippen LogP contribution in [0.15, 0.2) is 0 Å². The van der Waals surface area contributed by atoms with Crippen molar-refractivity contribution < 1.29 is 14.3 Å². The van der Waals surface area contributed by atoms with Crippen molar-refractivity contribution in [2.75, 3.05) is 0 Å². The predicted octanol–water partition coefficient (Wildman–Crippen LogP) is 1.63. The van der Waals surface area contributed by atoms with Crippen molar-refractivity contribution in [2.45, 2.75) is 37.7 Å². The summed E-state index contributed by atoms with van der Waals surface area (Å²) >= 11 is 6.15. The SMILES string of the molecule is CC[C@@]12CC(=O)O[C@]1(Cl)CCC2=O. The summed E-state index contributed by atoms with van der Waals surface area (Å²) in [6, 6.07) is 0. The zero-order valence-corrected chi connectivity index (χ0v) is 8.19. The van der Waals surface area contributed by atoms with Crippen LogP contribution in [0.1, 0.15) is 32.6 Å². The van der Waals surface area contributed by atoms with Gasteiger partial charge in [0, 0.05) is 12.8 Å². The molecule has 0 radical (unpaired) electrons. The summed E-state index contributed by atoms with van der Waals surface area (Å²) in [6.07, 6.45) is 1.64. The van der Waals surface area contributed by atoms with E-state index in [0.29, 0.717) is 19.3 Å². The van der Waals surface area contributed by atoms with Gasteiger partial charge in [-0.2, -0.15) is 0 Å². The molecule has 1 saturated heterocycles. The van der Waals surface area contributed by atoms with Gasteiger partial charge in [0.25, 0.3) is 0 Å². The van der Waals surface area contributed by atoms with Gasteiger partial charge < -0.3 is 4.74 Å². The minimum Gasteiger partial charge on any atom is -0.442 e. The highest BCUT2D eigenvalue weighted by Gasteiger charge is 2.66. The molecule has 1 aliphatic heterocycles. The van der Waals surface area contributed by atoms with Gasteiger partial charge in [-0.1, -0.05) is 18.5 Å². The van der Waals surface area contributed by atoms with Crippen molar-refractivity contribution in [1.82, 2.24) is 0 Å². The van der Waals surface area contributed by atoms with Gasteiger partial charge in [0.15, 0.2) is 5.06 Å². The lowest BCUT2D eigenvalue weighted by Gasteiger charge is -2.29. The number of carbonyl (C=O) groups is 2. The van der Waals surface area contributed by atoms with Crippen LogP contribution in [0.3, 0.4) is 0 Å². The van der Waals surface area contributed by atoms with Crippen molar-refractivity contribution in [3.8, 4) is 0 Å². The first-order valence-corrected chi connectivity index (χ1v) is 4.86. The number of alkyl halides is 1. The Kier molecular flexibility index (Phi) is 1.71. The number of rotatable bonds is 1. The Morgan fingerprint density at radius 1 is 1.54 bits per heavy atom. The topological polar surface area (TPSA) is 43.4 Å². The molecule has 2 fully saturated rings. The fourth-order valence-corrected chi connectivity index (χ4v) is 2.88. The summed E-state index contributed by atoms with van der Waals surface area (Å²) in [7, 11) is 0. The van der Waals surface area contributed by atoms with Crippen LogP contribution in [0.4, 0.5) is 0 Å². The number of halogens is 1. The van der Waals surface area contributed by atoms with Crippen LogP contribution >= 0.6 is 11.6 Å². The fraction of sp³-hybridized carbons (Fsp3) is 0.778. The maximum atomic E-state index is 11.6. The second-order valence-corrected chi connectivity index (χ2v) is 4.35. The average molecular weight is 203 g/mol. The lowest BCUT2D eigenvalue weighted by Crippen LogP contribution is -2.38. The molecule has 2 atom stereocenters. The van der Waals surface area contributed by atoms with E-state index < -0.39 is 10.5 Å². The molecule has 2 aliphatic rings. The molecular formula is C9H11ClO3. The summed E-state index contributed by atoms with van der Waals surface area (Å²) in [5, 5.41) is -1.03. The first kappa shape index (κ1) is 9.00. The number of esters is 1. The van der Waals surface area contributed by atoms with E-state index in [4.69, 9.17) is 16.3 Å². The van der Waals surface area contributed by atoms with E-state index in [-0.39, 0.29) is 18.2 Å². The van der Waals surface area contributed by atoms with Gasteiger partial charge in [-0.3, -0.25) is 9.59 Å². The molecule has 0 amide bonds. The van der Waals surface area contributed by atoms with Crippen LogP contribution in [-0.2, 0) is 14.3 Å². The number of Topliss-reactive ketones (excluding diaryl/α,β-unsaturated/α-hetero) is 1. The molecule has 0 aromatic carbocycles. The normalized spacial score (nSPS) is 43.5. The van der Waals surface area contributed by atoms with Crippen LogP contribution in [-0.4, -0.2) is 16.8 Å². The first-order valence-electron chi connectivity index (χ1n) is 4.48. The number of hydrogen-bond donors (Lipinski definition) is 0. The van der Waals surface area contributed by atoms with E-state index in [9.17, 15) is 9.59 Å². The molecule has 1 aliphatic carbocycles. The van der Waals surface area contributed by atoms with Gasteiger partial charge in [-0.15, -0.1) is 0 Å².